The molecule has 0 fully saturated rings. The van der Waals surface area contributed by atoms with Crippen molar-refractivity contribution in [2.24, 2.45) is 0 Å². The molecule has 19 heavy (non-hydrogen) atoms. The molecule has 0 saturated heterocycles. The predicted molar refractivity (Wildman–Crippen MR) is 77.3 cm³/mol. The van der Waals surface area contributed by atoms with Crippen molar-refractivity contribution in [2.75, 3.05) is 7.11 Å². The molecule has 1 heterocycles. The molecule has 0 bridgehead atoms. The van der Waals surface area contributed by atoms with Crippen molar-refractivity contribution in [1.82, 2.24) is 5.32 Å². The maximum Gasteiger partial charge on any atom is 0.165 e. The average molecular weight is 279 g/mol. The summed E-state index contributed by atoms with van der Waals surface area (Å²) in [7, 11) is 1.47. The van der Waals surface area contributed by atoms with E-state index in [2.05, 4.69) is 23.0 Å². The quantitative estimate of drug-likeness (QED) is 0.891. The lowest BCUT2D eigenvalue weighted by molar-refractivity contribution is 0.385. The lowest BCUT2D eigenvalue weighted by Gasteiger charge is -2.15. The molecule has 2 aromatic rings. The summed E-state index contributed by atoms with van der Waals surface area (Å²) in [6.07, 6.45) is 0. The smallest absolute Gasteiger partial charge is 0.165 e. The minimum absolute atomic E-state index is 0.0970. The van der Waals surface area contributed by atoms with Gasteiger partial charge in [0.15, 0.2) is 11.6 Å². The Bertz CT molecular complexity index is 553. The van der Waals surface area contributed by atoms with Crippen LogP contribution in [0, 0.1) is 12.7 Å². The van der Waals surface area contributed by atoms with Crippen LogP contribution in [0.3, 0.4) is 0 Å². The van der Waals surface area contributed by atoms with Crippen LogP contribution in [-0.2, 0) is 6.54 Å². The highest BCUT2D eigenvalue weighted by atomic mass is 32.1. The Morgan fingerprint density at radius 1 is 1.37 bits per heavy atom. The first-order chi connectivity index (χ1) is 9.11. The second-order valence-electron chi connectivity index (χ2n) is 4.58. The molecule has 0 aliphatic rings. The molecule has 0 aliphatic heterocycles. The van der Waals surface area contributed by atoms with E-state index >= 15 is 0 Å². The minimum atomic E-state index is -0.319. The molecule has 1 atom stereocenters. The van der Waals surface area contributed by atoms with E-state index in [-0.39, 0.29) is 17.6 Å². The highest BCUT2D eigenvalue weighted by Gasteiger charge is 2.10. The molecule has 0 aliphatic carbocycles. The molecule has 0 spiro atoms. The van der Waals surface area contributed by atoms with Gasteiger partial charge in [0.2, 0.25) is 0 Å². The summed E-state index contributed by atoms with van der Waals surface area (Å²) >= 11 is 1.70. The Hall–Kier alpha value is -1.39. The van der Waals surface area contributed by atoms with Crippen molar-refractivity contribution in [3.63, 3.8) is 0 Å². The Morgan fingerprint density at radius 3 is 2.74 bits per heavy atom. The fourth-order valence-electron chi connectivity index (χ4n) is 1.90. The minimum Gasteiger partial charge on any atom is -0.494 e. The zero-order chi connectivity index (χ0) is 13.8. The van der Waals surface area contributed by atoms with Gasteiger partial charge in [0.1, 0.15) is 0 Å². The first kappa shape index (κ1) is 14.0. The first-order valence-corrected chi connectivity index (χ1v) is 7.14. The third-order valence-electron chi connectivity index (χ3n) is 3.24. The third-order valence-corrected chi connectivity index (χ3v) is 4.15. The van der Waals surface area contributed by atoms with Gasteiger partial charge >= 0.3 is 0 Å². The summed E-state index contributed by atoms with van der Waals surface area (Å²) in [5.41, 5.74) is 3.52. The Morgan fingerprint density at radius 2 is 2.16 bits per heavy atom. The summed E-state index contributed by atoms with van der Waals surface area (Å²) < 4.78 is 18.6. The van der Waals surface area contributed by atoms with Gasteiger partial charge in [-0.05, 0) is 53.4 Å². The van der Waals surface area contributed by atoms with Gasteiger partial charge in [-0.25, -0.2) is 4.39 Å². The van der Waals surface area contributed by atoms with E-state index in [1.165, 1.54) is 24.3 Å². The third kappa shape index (κ3) is 3.33. The number of methoxy groups -OCH3 is 1. The molecule has 4 heteroatoms. The van der Waals surface area contributed by atoms with E-state index in [9.17, 15) is 4.39 Å². The summed E-state index contributed by atoms with van der Waals surface area (Å²) in [6, 6.07) is 5.18. The molecule has 2 nitrogen and oxygen atoms in total. The molecule has 0 radical (unpaired) electrons. The molecule has 1 N–H and O–H groups in total. The van der Waals surface area contributed by atoms with Gasteiger partial charge in [-0.15, -0.1) is 0 Å². The molecule has 1 aromatic carbocycles. The molecular weight excluding hydrogens is 261 g/mol. The molecule has 0 amide bonds. The molecule has 1 unspecified atom stereocenters. The van der Waals surface area contributed by atoms with Crippen molar-refractivity contribution in [1.29, 1.82) is 0 Å². The number of nitrogens with one attached hydrogen (secondary N) is 1. The number of hydrogen-bond acceptors (Lipinski definition) is 3. The van der Waals surface area contributed by atoms with Crippen LogP contribution >= 0.6 is 11.3 Å². The van der Waals surface area contributed by atoms with Gasteiger partial charge in [-0.3, -0.25) is 0 Å². The SMILES string of the molecule is COc1ccc(C(C)NCc2cscc2C)cc1F. The number of hydrogen-bond donors (Lipinski definition) is 1. The monoisotopic (exact) mass is 279 g/mol. The maximum absolute atomic E-state index is 13.6. The van der Waals surface area contributed by atoms with Crippen molar-refractivity contribution in [3.8, 4) is 5.75 Å². The summed E-state index contributed by atoms with van der Waals surface area (Å²) in [5.74, 6) is -0.0370. The summed E-state index contributed by atoms with van der Waals surface area (Å²) in [6.45, 7) is 4.93. The van der Waals surface area contributed by atoms with Gasteiger partial charge in [0.25, 0.3) is 0 Å². The van der Waals surface area contributed by atoms with Crippen LogP contribution in [0.5, 0.6) is 5.75 Å². The molecule has 102 valence electrons. The summed E-state index contributed by atoms with van der Waals surface area (Å²) in [5, 5.41) is 7.68. The van der Waals surface area contributed by atoms with Gasteiger partial charge in [0.05, 0.1) is 7.11 Å². The first-order valence-electron chi connectivity index (χ1n) is 6.20. The second kappa shape index (κ2) is 6.17. The van der Waals surface area contributed by atoms with Crippen LogP contribution in [-0.4, -0.2) is 7.11 Å². The van der Waals surface area contributed by atoms with Gasteiger partial charge in [-0.2, -0.15) is 11.3 Å². The van der Waals surface area contributed by atoms with E-state index < -0.39 is 0 Å². The summed E-state index contributed by atoms with van der Waals surface area (Å²) in [4.78, 5) is 0. The Labute approximate surface area is 117 Å². The van der Waals surface area contributed by atoms with E-state index in [0.29, 0.717) is 0 Å². The molecule has 2 rings (SSSR count). The average Bonchev–Trinajstić information content (AvgIpc) is 2.81. The lowest BCUT2D eigenvalue weighted by Crippen LogP contribution is -2.18. The van der Waals surface area contributed by atoms with Crippen LogP contribution in [0.1, 0.15) is 29.7 Å². The number of aryl methyl sites for hydroxylation is 1. The van der Waals surface area contributed by atoms with E-state index in [1.54, 1.807) is 17.4 Å². The fraction of sp³-hybridized carbons (Fsp3) is 0.333. The number of thiophene rings is 1. The maximum atomic E-state index is 13.6. The standard InChI is InChI=1S/C15H18FNOS/c1-10-8-19-9-13(10)7-17-11(2)12-4-5-15(18-3)14(16)6-12/h4-6,8-9,11,17H,7H2,1-3H3. The number of ether oxygens (including phenoxy) is 1. The second-order valence-corrected chi connectivity index (χ2v) is 5.32. The van der Waals surface area contributed by atoms with Gasteiger partial charge in [-0.1, -0.05) is 6.07 Å². The zero-order valence-corrected chi connectivity index (χ0v) is 12.2. The van der Waals surface area contributed by atoms with Gasteiger partial charge in [0, 0.05) is 12.6 Å². The number of halogens is 1. The van der Waals surface area contributed by atoms with Gasteiger partial charge < -0.3 is 10.1 Å². The van der Waals surface area contributed by atoms with E-state index in [1.807, 2.05) is 13.0 Å². The van der Waals surface area contributed by atoms with Crippen molar-refractivity contribution < 1.29 is 9.13 Å². The van der Waals surface area contributed by atoms with E-state index in [4.69, 9.17) is 4.74 Å². The Kier molecular flexibility index (Phi) is 4.56. The van der Waals surface area contributed by atoms with Crippen LogP contribution in [0.4, 0.5) is 4.39 Å². The van der Waals surface area contributed by atoms with Crippen LogP contribution in [0.2, 0.25) is 0 Å². The van der Waals surface area contributed by atoms with Crippen LogP contribution < -0.4 is 10.1 Å². The highest BCUT2D eigenvalue weighted by Crippen LogP contribution is 2.22. The molecular formula is C15H18FNOS. The predicted octanol–water partition coefficient (Wildman–Crippen LogP) is 4.06. The number of benzene rings is 1. The molecule has 1 aromatic heterocycles. The zero-order valence-electron chi connectivity index (χ0n) is 11.4. The number of rotatable bonds is 5. The van der Waals surface area contributed by atoms with E-state index in [0.717, 1.165) is 12.1 Å². The van der Waals surface area contributed by atoms with Crippen molar-refractivity contribution >= 4 is 11.3 Å². The lowest BCUT2D eigenvalue weighted by atomic mass is 10.1. The van der Waals surface area contributed by atoms with Crippen LogP contribution in [0.15, 0.2) is 29.0 Å². The largest absolute Gasteiger partial charge is 0.494 e. The van der Waals surface area contributed by atoms with Crippen LogP contribution in [0.25, 0.3) is 0 Å². The Balaban J connectivity index is 2.02. The highest BCUT2D eigenvalue weighted by molar-refractivity contribution is 7.08. The normalized spacial score (nSPS) is 12.4. The fourth-order valence-corrected chi connectivity index (χ4v) is 2.76. The molecule has 0 saturated carbocycles. The van der Waals surface area contributed by atoms with Crippen molar-refractivity contribution in [3.05, 3.63) is 51.5 Å². The topological polar surface area (TPSA) is 21.3 Å². The van der Waals surface area contributed by atoms with Crippen molar-refractivity contribution in [2.45, 2.75) is 26.4 Å².